The molecule has 23 heavy (non-hydrogen) atoms. The van der Waals surface area contributed by atoms with Gasteiger partial charge in [0.2, 0.25) is 0 Å². The Balaban J connectivity index is 2.83. The minimum Gasteiger partial charge on any atom is -0.290 e. The first-order valence-corrected chi connectivity index (χ1v) is 9.48. The summed E-state index contributed by atoms with van der Waals surface area (Å²) in [6.45, 7) is 11.5. The van der Waals surface area contributed by atoms with Crippen LogP contribution >= 0.6 is 0 Å². The minimum atomic E-state index is 0.399. The monoisotopic (exact) mass is 313 g/mol. The first-order chi connectivity index (χ1) is 11.2. The Labute approximate surface area is 144 Å². The molecule has 1 nitrogen and oxygen atoms in total. The topological polar surface area (TPSA) is 3.24 Å². The average Bonchev–Trinajstić information content (AvgIpc) is 2.56. The average molecular weight is 314 g/mol. The van der Waals surface area contributed by atoms with Crippen LogP contribution in [0.2, 0.25) is 0 Å². The van der Waals surface area contributed by atoms with Gasteiger partial charge in [0.15, 0.2) is 0 Å². The molecule has 0 aliphatic heterocycles. The Hall–Kier alpha value is -1.26. The molecule has 0 saturated carbocycles. The molecule has 1 atom stereocenters. The highest BCUT2D eigenvalue weighted by Gasteiger charge is 2.16. The maximum absolute atomic E-state index is 3.59. The molecule has 0 bridgehead atoms. The maximum atomic E-state index is 3.59. The van der Waals surface area contributed by atoms with Gasteiger partial charge >= 0.3 is 0 Å². The van der Waals surface area contributed by atoms with Crippen molar-refractivity contribution in [3.63, 3.8) is 0 Å². The van der Waals surface area contributed by atoms with Gasteiger partial charge in [-0.05, 0) is 56.8 Å². The zero-order valence-corrected chi connectivity index (χ0v) is 15.6. The molecule has 1 unspecified atom stereocenters. The largest absolute Gasteiger partial charge is 0.290 e. The van der Waals surface area contributed by atoms with Crippen LogP contribution in [0.4, 0.5) is 0 Å². The number of nitrogens with zero attached hydrogens (tertiary/aromatic N) is 1. The van der Waals surface area contributed by atoms with Gasteiger partial charge in [-0.3, -0.25) is 4.90 Å². The third-order valence-corrected chi connectivity index (χ3v) is 4.21. The van der Waals surface area contributed by atoms with Gasteiger partial charge in [0.1, 0.15) is 0 Å². The Morgan fingerprint density at radius 1 is 0.913 bits per heavy atom. The predicted octanol–water partition coefficient (Wildman–Crippen LogP) is 5.75. The number of benzene rings is 1. The van der Waals surface area contributed by atoms with Crippen LogP contribution in [0.25, 0.3) is 0 Å². The number of hydrogen-bond acceptors (Lipinski definition) is 1. The molecule has 1 aromatic rings. The summed E-state index contributed by atoms with van der Waals surface area (Å²) in [5.41, 5.74) is 1.13. The van der Waals surface area contributed by atoms with Crippen molar-refractivity contribution < 1.29 is 0 Å². The third kappa shape index (κ3) is 8.82. The van der Waals surface area contributed by atoms with E-state index in [-0.39, 0.29) is 0 Å². The molecule has 0 N–H and O–H groups in total. The lowest BCUT2D eigenvalue weighted by Gasteiger charge is -2.28. The molecule has 0 radical (unpaired) electrons. The molecule has 0 heterocycles. The minimum absolute atomic E-state index is 0.399. The lowest BCUT2D eigenvalue weighted by Crippen LogP contribution is -2.36. The second-order valence-corrected chi connectivity index (χ2v) is 6.87. The molecule has 0 aliphatic rings. The van der Waals surface area contributed by atoms with E-state index in [9.17, 15) is 0 Å². The molecular formula is C22H35N. The lowest BCUT2D eigenvalue weighted by molar-refractivity contribution is 0.213. The predicted molar refractivity (Wildman–Crippen MR) is 103 cm³/mol. The Morgan fingerprint density at radius 3 is 2.04 bits per heavy atom. The highest BCUT2D eigenvalue weighted by Crippen LogP contribution is 2.14. The molecule has 0 amide bonds. The quantitative estimate of drug-likeness (QED) is 0.497. The van der Waals surface area contributed by atoms with E-state index in [1.54, 1.807) is 0 Å². The van der Waals surface area contributed by atoms with Crippen molar-refractivity contribution in [2.45, 2.75) is 72.3 Å². The molecule has 0 aliphatic carbocycles. The van der Waals surface area contributed by atoms with E-state index in [0.717, 1.165) is 11.5 Å². The van der Waals surface area contributed by atoms with E-state index in [4.69, 9.17) is 0 Å². The van der Waals surface area contributed by atoms with Crippen molar-refractivity contribution in [2.24, 2.45) is 5.92 Å². The Morgan fingerprint density at radius 2 is 1.52 bits per heavy atom. The fourth-order valence-electron chi connectivity index (χ4n) is 2.67. The van der Waals surface area contributed by atoms with Gasteiger partial charge in [-0.15, -0.1) is 0 Å². The summed E-state index contributed by atoms with van der Waals surface area (Å²) in [5, 5.41) is 0. The highest BCUT2D eigenvalue weighted by atomic mass is 15.1. The summed E-state index contributed by atoms with van der Waals surface area (Å²) in [4.78, 5) is 2.63. The number of hydrogen-bond donors (Lipinski definition) is 0. The van der Waals surface area contributed by atoms with Crippen molar-refractivity contribution in [3.8, 4) is 11.8 Å². The number of unbranched alkanes of at least 4 members (excludes halogenated alkanes) is 2. The SMILES string of the molecule is CCCCN(CCCC)C(C#Cc1ccccc1)CCC(C)C. The second-order valence-electron chi connectivity index (χ2n) is 6.87. The molecule has 0 aromatic heterocycles. The summed E-state index contributed by atoms with van der Waals surface area (Å²) >= 11 is 0. The van der Waals surface area contributed by atoms with Gasteiger partial charge < -0.3 is 0 Å². The van der Waals surface area contributed by atoms with Crippen LogP contribution < -0.4 is 0 Å². The fraction of sp³-hybridized carbons (Fsp3) is 0.636. The van der Waals surface area contributed by atoms with E-state index in [1.165, 1.54) is 51.6 Å². The van der Waals surface area contributed by atoms with Crippen LogP contribution in [0, 0.1) is 17.8 Å². The highest BCUT2D eigenvalue weighted by molar-refractivity contribution is 5.34. The van der Waals surface area contributed by atoms with Crippen LogP contribution in [0.15, 0.2) is 30.3 Å². The molecular weight excluding hydrogens is 278 g/mol. The van der Waals surface area contributed by atoms with Crippen LogP contribution in [0.3, 0.4) is 0 Å². The van der Waals surface area contributed by atoms with Gasteiger partial charge in [0.25, 0.3) is 0 Å². The van der Waals surface area contributed by atoms with Crippen LogP contribution in [-0.2, 0) is 0 Å². The third-order valence-electron chi connectivity index (χ3n) is 4.21. The summed E-state index contributed by atoms with van der Waals surface area (Å²) in [7, 11) is 0. The molecule has 1 heteroatoms. The van der Waals surface area contributed by atoms with Crippen molar-refractivity contribution in [2.75, 3.05) is 13.1 Å². The zero-order valence-electron chi connectivity index (χ0n) is 15.6. The van der Waals surface area contributed by atoms with Crippen molar-refractivity contribution in [1.82, 2.24) is 4.90 Å². The maximum Gasteiger partial charge on any atom is 0.0718 e. The molecule has 0 spiro atoms. The first kappa shape index (κ1) is 19.8. The fourth-order valence-corrected chi connectivity index (χ4v) is 2.67. The van der Waals surface area contributed by atoms with E-state index in [1.807, 2.05) is 0 Å². The molecule has 1 rings (SSSR count). The lowest BCUT2D eigenvalue weighted by atomic mass is 10.0. The van der Waals surface area contributed by atoms with Crippen LogP contribution in [-0.4, -0.2) is 24.0 Å². The summed E-state index contributed by atoms with van der Waals surface area (Å²) in [6, 6.07) is 10.8. The van der Waals surface area contributed by atoms with Gasteiger partial charge in [0.05, 0.1) is 6.04 Å². The Bertz CT molecular complexity index is 444. The van der Waals surface area contributed by atoms with Crippen LogP contribution in [0.1, 0.15) is 71.8 Å². The van der Waals surface area contributed by atoms with Crippen molar-refractivity contribution in [1.29, 1.82) is 0 Å². The summed E-state index contributed by atoms with van der Waals surface area (Å²) < 4.78 is 0. The first-order valence-electron chi connectivity index (χ1n) is 9.48. The normalized spacial score (nSPS) is 12.3. The van der Waals surface area contributed by atoms with Gasteiger partial charge in [-0.2, -0.15) is 0 Å². The van der Waals surface area contributed by atoms with Gasteiger partial charge in [-0.1, -0.05) is 70.6 Å². The van der Waals surface area contributed by atoms with E-state index >= 15 is 0 Å². The van der Waals surface area contributed by atoms with Gasteiger partial charge in [0, 0.05) is 5.56 Å². The zero-order chi connectivity index (χ0) is 16.9. The summed E-state index contributed by atoms with van der Waals surface area (Å²) in [5.74, 6) is 7.74. The van der Waals surface area contributed by atoms with Gasteiger partial charge in [-0.25, -0.2) is 0 Å². The van der Waals surface area contributed by atoms with Crippen molar-refractivity contribution >= 4 is 0 Å². The molecule has 0 saturated heterocycles. The number of rotatable bonds is 10. The van der Waals surface area contributed by atoms with E-state index in [0.29, 0.717) is 6.04 Å². The molecule has 128 valence electrons. The standard InChI is InChI=1S/C22H35N/c1-5-7-18-23(19-8-6-2)22(16-14-20(3)4)17-15-21-12-10-9-11-13-21/h9-13,20,22H,5-8,14,16,18-19H2,1-4H3. The second kappa shape index (κ2) is 12.2. The smallest absolute Gasteiger partial charge is 0.0718 e. The Kier molecular flexibility index (Phi) is 10.5. The molecule has 1 aromatic carbocycles. The van der Waals surface area contributed by atoms with Crippen molar-refractivity contribution in [3.05, 3.63) is 35.9 Å². The summed E-state index contributed by atoms with van der Waals surface area (Å²) in [6.07, 6.45) is 7.49. The van der Waals surface area contributed by atoms with E-state index in [2.05, 4.69) is 74.8 Å². The van der Waals surface area contributed by atoms with E-state index < -0.39 is 0 Å². The van der Waals surface area contributed by atoms with Crippen LogP contribution in [0.5, 0.6) is 0 Å². The molecule has 0 fully saturated rings.